The molecule has 21 heavy (non-hydrogen) atoms. The van der Waals surface area contributed by atoms with Crippen molar-refractivity contribution in [3.8, 4) is 0 Å². The Morgan fingerprint density at radius 2 is 1.76 bits per heavy atom. The van der Waals surface area contributed by atoms with Gasteiger partial charge in [0.05, 0.1) is 16.1 Å². The first-order chi connectivity index (χ1) is 10.3. The Bertz CT molecular complexity index is 598. The quantitative estimate of drug-likeness (QED) is 0.939. The fourth-order valence-corrected chi connectivity index (χ4v) is 3.22. The summed E-state index contributed by atoms with van der Waals surface area (Å²) in [7, 11) is 0. The van der Waals surface area contributed by atoms with Gasteiger partial charge in [0.15, 0.2) is 0 Å². The van der Waals surface area contributed by atoms with Crippen LogP contribution in [0.5, 0.6) is 0 Å². The van der Waals surface area contributed by atoms with E-state index in [0.29, 0.717) is 10.0 Å². The Morgan fingerprint density at radius 1 is 1.05 bits per heavy atom. The summed E-state index contributed by atoms with van der Waals surface area (Å²) in [6.07, 6.45) is 3.64. The van der Waals surface area contributed by atoms with Crippen molar-refractivity contribution in [1.82, 2.24) is 15.2 Å². The zero-order valence-corrected chi connectivity index (χ0v) is 13.1. The number of hydrogen-bond donors (Lipinski definition) is 1. The average Bonchev–Trinajstić information content (AvgIpc) is 2.54. The van der Waals surface area contributed by atoms with E-state index in [1.807, 2.05) is 36.7 Å². The van der Waals surface area contributed by atoms with E-state index in [4.69, 9.17) is 23.2 Å². The van der Waals surface area contributed by atoms with Crippen LogP contribution in [-0.2, 0) is 0 Å². The van der Waals surface area contributed by atoms with Gasteiger partial charge in [-0.1, -0.05) is 35.3 Å². The number of halogens is 2. The maximum absolute atomic E-state index is 6.47. The van der Waals surface area contributed by atoms with E-state index >= 15 is 0 Å². The molecule has 0 amide bonds. The van der Waals surface area contributed by atoms with Gasteiger partial charge in [0, 0.05) is 38.6 Å². The molecule has 0 bridgehead atoms. The summed E-state index contributed by atoms with van der Waals surface area (Å²) in [5.74, 6) is 0. The lowest BCUT2D eigenvalue weighted by Crippen LogP contribution is -2.45. The first-order valence-corrected chi connectivity index (χ1v) is 7.81. The van der Waals surface area contributed by atoms with Crippen LogP contribution >= 0.6 is 23.2 Å². The molecule has 1 unspecified atom stereocenters. The summed E-state index contributed by atoms with van der Waals surface area (Å²) < 4.78 is 0. The van der Waals surface area contributed by atoms with E-state index in [-0.39, 0.29) is 6.04 Å². The first kappa shape index (κ1) is 14.8. The van der Waals surface area contributed by atoms with Gasteiger partial charge in [-0.3, -0.25) is 9.88 Å². The lowest BCUT2D eigenvalue weighted by molar-refractivity contribution is 0.198. The molecule has 1 aliphatic heterocycles. The molecule has 1 aromatic heterocycles. The SMILES string of the molecule is Clc1cccc(C(c2ccncc2)N2CCNCC2)c1Cl. The van der Waals surface area contributed by atoms with Crippen molar-refractivity contribution in [3.63, 3.8) is 0 Å². The Labute approximate surface area is 134 Å². The van der Waals surface area contributed by atoms with E-state index < -0.39 is 0 Å². The van der Waals surface area contributed by atoms with Gasteiger partial charge in [-0.25, -0.2) is 0 Å². The van der Waals surface area contributed by atoms with Crippen molar-refractivity contribution in [2.45, 2.75) is 6.04 Å². The Kier molecular flexibility index (Phi) is 4.76. The third-order valence-corrected chi connectivity index (χ3v) is 4.65. The van der Waals surface area contributed by atoms with Gasteiger partial charge in [0.25, 0.3) is 0 Å². The molecule has 1 saturated heterocycles. The minimum atomic E-state index is 0.112. The highest BCUT2D eigenvalue weighted by atomic mass is 35.5. The lowest BCUT2D eigenvalue weighted by Gasteiger charge is -2.36. The number of piperazine rings is 1. The van der Waals surface area contributed by atoms with Gasteiger partial charge in [0.2, 0.25) is 0 Å². The number of aromatic nitrogens is 1. The molecule has 0 radical (unpaired) electrons. The molecule has 2 aromatic rings. The van der Waals surface area contributed by atoms with Crippen LogP contribution in [0.4, 0.5) is 0 Å². The summed E-state index contributed by atoms with van der Waals surface area (Å²) in [5.41, 5.74) is 2.24. The van der Waals surface area contributed by atoms with E-state index in [1.165, 1.54) is 5.56 Å². The molecule has 0 spiro atoms. The zero-order chi connectivity index (χ0) is 14.7. The molecule has 2 heterocycles. The fourth-order valence-electron chi connectivity index (χ4n) is 2.80. The maximum Gasteiger partial charge on any atom is 0.0643 e. The summed E-state index contributed by atoms with van der Waals surface area (Å²) >= 11 is 12.7. The number of nitrogens with one attached hydrogen (secondary N) is 1. The minimum absolute atomic E-state index is 0.112. The molecular weight excluding hydrogens is 305 g/mol. The average molecular weight is 322 g/mol. The van der Waals surface area contributed by atoms with Gasteiger partial charge >= 0.3 is 0 Å². The first-order valence-electron chi connectivity index (χ1n) is 7.06. The number of hydrogen-bond acceptors (Lipinski definition) is 3. The van der Waals surface area contributed by atoms with Crippen LogP contribution in [-0.4, -0.2) is 36.1 Å². The van der Waals surface area contributed by atoms with Crippen LogP contribution in [0.15, 0.2) is 42.7 Å². The molecular formula is C16H17Cl2N3. The van der Waals surface area contributed by atoms with E-state index in [2.05, 4.69) is 21.3 Å². The van der Waals surface area contributed by atoms with E-state index in [0.717, 1.165) is 31.7 Å². The number of nitrogens with zero attached hydrogens (tertiary/aromatic N) is 2. The van der Waals surface area contributed by atoms with Gasteiger partial charge in [-0.2, -0.15) is 0 Å². The van der Waals surface area contributed by atoms with Crippen molar-refractivity contribution < 1.29 is 0 Å². The Balaban J connectivity index is 2.05. The monoisotopic (exact) mass is 321 g/mol. The molecule has 3 rings (SSSR count). The Hall–Kier alpha value is -1.13. The highest BCUT2D eigenvalue weighted by Crippen LogP contribution is 2.36. The summed E-state index contributed by atoms with van der Waals surface area (Å²) in [6.45, 7) is 3.94. The molecule has 1 aliphatic rings. The van der Waals surface area contributed by atoms with Gasteiger partial charge in [-0.05, 0) is 29.3 Å². The highest BCUT2D eigenvalue weighted by Gasteiger charge is 2.26. The third kappa shape index (κ3) is 3.22. The number of pyridine rings is 1. The van der Waals surface area contributed by atoms with E-state index in [1.54, 1.807) is 0 Å². The third-order valence-electron chi connectivity index (χ3n) is 3.81. The molecule has 5 heteroatoms. The van der Waals surface area contributed by atoms with Gasteiger partial charge < -0.3 is 5.32 Å². The second kappa shape index (κ2) is 6.75. The van der Waals surface area contributed by atoms with Gasteiger partial charge in [-0.15, -0.1) is 0 Å². The standard InChI is InChI=1S/C16H17Cl2N3/c17-14-3-1-2-13(15(14)18)16(12-4-6-19-7-5-12)21-10-8-20-9-11-21/h1-7,16,20H,8-11H2. The van der Waals surface area contributed by atoms with Crippen molar-refractivity contribution in [2.24, 2.45) is 0 Å². The van der Waals surface area contributed by atoms with Crippen LogP contribution in [0.3, 0.4) is 0 Å². The molecule has 110 valence electrons. The number of rotatable bonds is 3. The van der Waals surface area contributed by atoms with Crippen molar-refractivity contribution in [1.29, 1.82) is 0 Å². The normalized spacial score (nSPS) is 17.6. The molecule has 0 aliphatic carbocycles. The minimum Gasteiger partial charge on any atom is -0.314 e. The molecule has 0 saturated carbocycles. The fraction of sp³-hybridized carbons (Fsp3) is 0.312. The second-order valence-corrected chi connectivity index (χ2v) is 5.90. The largest absolute Gasteiger partial charge is 0.314 e. The summed E-state index contributed by atoms with van der Waals surface area (Å²) in [5, 5.41) is 4.62. The molecule has 1 fully saturated rings. The molecule has 1 atom stereocenters. The zero-order valence-electron chi connectivity index (χ0n) is 11.6. The summed E-state index contributed by atoms with van der Waals surface area (Å²) in [6, 6.07) is 10.0. The van der Waals surface area contributed by atoms with Crippen LogP contribution in [0.2, 0.25) is 10.0 Å². The molecule has 1 aromatic carbocycles. The maximum atomic E-state index is 6.47. The lowest BCUT2D eigenvalue weighted by atomic mass is 9.97. The highest BCUT2D eigenvalue weighted by molar-refractivity contribution is 6.42. The molecule has 1 N–H and O–H groups in total. The Morgan fingerprint density at radius 3 is 2.48 bits per heavy atom. The molecule has 3 nitrogen and oxygen atoms in total. The van der Waals surface area contributed by atoms with Crippen molar-refractivity contribution in [2.75, 3.05) is 26.2 Å². The van der Waals surface area contributed by atoms with Crippen LogP contribution in [0, 0.1) is 0 Å². The topological polar surface area (TPSA) is 28.2 Å². The second-order valence-electron chi connectivity index (χ2n) is 5.11. The van der Waals surface area contributed by atoms with Crippen LogP contribution < -0.4 is 5.32 Å². The smallest absolute Gasteiger partial charge is 0.0643 e. The van der Waals surface area contributed by atoms with Crippen LogP contribution in [0.1, 0.15) is 17.2 Å². The van der Waals surface area contributed by atoms with Crippen molar-refractivity contribution >= 4 is 23.2 Å². The van der Waals surface area contributed by atoms with Gasteiger partial charge in [0.1, 0.15) is 0 Å². The predicted octanol–water partition coefficient (Wildman–Crippen LogP) is 3.38. The van der Waals surface area contributed by atoms with Crippen LogP contribution in [0.25, 0.3) is 0 Å². The summed E-state index contributed by atoms with van der Waals surface area (Å²) in [4.78, 5) is 6.55. The van der Waals surface area contributed by atoms with Crippen molar-refractivity contribution in [3.05, 3.63) is 63.9 Å². The van der Waals surface area contributed by atoms with E-state index in [9.17, 15) is 0 Å². The predicted molar refractivity (Wildman–Crippen MR) is 87.0 cm³/mol. The number of benzene rings is 1.